The molecule has 3 aromatic carbocycles. The number of benzene rings is 3. The van der Waals surface area contributed by atoms with Crippen LogP contribution in [0.15, 0.2) is 72.8 Å². The van der Waals surface area contributed by atoms with Crippen molar-refractivity contribution in [3.63, 3.8) is 0 Å². The third kappa shape index (κ3) is 8.99. The van der Waals surface area contributed by atoms with Crippen LogP contribution in [-0.2, 0) is 21.9 Å². The number of aliphatic hydroxyl groups excluding tert-OH is 2. The Morgan fingerprint density at radius 3 is 2.17 bits per heavy atom. The van der Waals surface area contributed by atoms with E-state index >= 15 is 0 Å². The van der Waals surface area contributed by atoms with Crippen molar-refractivity contribution in [1.29, 1.82) is 0 Å². The van der Waals surface area contributed by atoms with E-state index in [1.807, 2.05) is 23.1 Å². The summed E-state index contributed by atoms with van der Waals surface area (Å²) in [6, 6.07) is 13.6. The molecule has 2 fully saturated rings. The van der Waals surface area contributed by atoms with Crippen molar-refractivity contribution in [3.05, 3.63) is 89.5 Å². The molecule has 16 heteroatoms. The Labute approximate surface area is 302 Å². The van der Waals surface area contributed by atoms with Gasteiger partial charge >= 0.3 is 12.4 Å². The molecule has 0 saturated carbocycles. The summed E-state index contributed by atoms with van der Waals surface area (Å²) in [5.74, 6) is -1.32. The van der Waals surface area contributed by atoms with Gasteiger partial charge in [-0.1, -0.05) is 24.3 Å². The van der Waals surface area contributed by atoms with Crippen LogP contribution in [0.25, 0.3) is 0 Å². The number of carbonyl (C=O) groups is 2. The summed E-state index contributed by atoms with van der Waals surface area (Å²) in [7, 11) is 1.55. The maximum absolute atomic E-state index is 14.9. The van der Waals surface area contributed by atoms with Crippen LogP contribution in [0.1, 0.15) is 40.7 Å². The number of nitrogens with zero attached hydrogens (tertiary/aromatic N) is 3. The van der Waals surface area contributed by atoms with Crippen molar-refractivity contribution in [2.24, 2.45) is 0 Å². The van der Waals surface area contributed by atoms with Crippen molar-refractivity contribution >= 4 is 17.5 Å². The number of methoxy groups -OCH3 is 1. The van der Waals surface area contributed by atoms with Crippen LogP contribution in [-0.4, -0.2) is 109 Å². The highest BCUT2D eigenvalue weighted by molar-refractivity contribution is 5.97. The minimum Gasteiger partial charge on any atom is -0.489 e. The first-order chi connectivity index (χ1) is 25.2. The van der Waals surface area contributed by atoms with Gasteiger partial charge in [-0.05, 0) is 55.0 Å². The van der Waals surface area contributed by atoms with Crippen LogP contribution in [0, 0.1) is 0 Å². The minimum atomic E-state index is -4.90. The summed E-state index contributed by atoms with van der Waals surface area (Å²) < 4.78 is 100.0. The van der Waals surface area contributed by atoms with Crippen molar-refractivity contribution in [2.45, 2.75) is 49.4 Å². The van der Waals surface area contributed by atoms with E-state index in [1.165, 1.54) is 11.0 Å². The number of para-hydroxylation sites is 2. The lowest BCUT2D eigenvalue weighted by Crippen LogP contribution is -2.69. The van der Waals surface area contributed by atoms with Gasteiger partial charge in [0.1, 0.15) is 18.1 Å². The molecule has 2 saturated heterocycles. The maximum Gasteiger partial charge on any atom is 0.417 e. The first-order valence-corrected chi connectivity index (χ1v) is 17.1. The van der Waals surface area contributed by atoms with Gasteiger partial charge < -0.3 is 39.1 Å². The van der Waals surface area contributed by atoms with Gasteiger partial charge in [0.05, 0.1) is 47.7 Å². The molecular formula is C37H41F6N3O7. The Hall–Kier alpha value is -4.54. The van der Waals surface area contributed by atoms with Gasteiger partial charge in [0, 0.05) is 52.7 Å². The second-order valence-electron chi connectivity index (χ2n) is 12.8. The normalized spacial score (nSPS) is 20.2. The van der Waals surface area contributed by atoms with Crippen LogP contribution in [0.3, 0.4) is 0 Å². The zero-order valence-corrected chi connectivity index (χ0v) is 28.9. The number of piperidine rings is 1. The first-order valence-electron chi connectivity index (χ1n) is 17.1. The second kappa shape index (κ2) is 16.6. The number of rotatable bonds is 12. The predicted octanol–water partition coefficient (Wildman–Crippen LogP) is 5.26. The van der Waals surface area contributed by atoms with E-state index in [1.54, 1.807) is 13.2 Å². The van der Waals surface area contributed by atoms with Gasteiger partial charge in [-0.25, -0.2) is 0 Å². The van der Waals surface area contributed by atoms with Crippen molar-refractivity contribution < 1.29 is 60.4 Å². The van der Waals surface area contributed by atoms with Crippen molar-refractivity contribution in [2.75, 3.05) is 64.6 Å². The lowest BCUT2D eigenvalue weighted by atomic mass is 9.79. The highest BCUT2D eigenvalue weighted by Gasteiger charge is 2.56. The molecule has 3 unspecified atom stereocenters. The smallest absolute Gasteiger partial charge is 0.417 e. The number of carbonyl (C=O) groups excluding carboxylic acids is 2. The summed E-state index contributed by atoms with van der Waals surface area (Å²) in [5, 5.41) is 20.6. The predicted molar refractivity (Wildman–Crippen MR) is 181 cm³/mol. The Kier molecular flexibility index (Phi) is 12.5. The average Bonchev–Trinajstić information content (AvgIpc) is 3.14. The Morgan fingerprint density at radius 1 is 0.868 bits per heavy atom. The van der Waals surface area contributed by atoms with Crippen molar-refractivity contribution in [3.8, 4) is 11.5 Å². The molecule has 0 bridgehead atoms. The SMILES string of the molecule is COCCOc1ccccc1N1CCN(C(=O)C2(Oc3ccc(C(F)(F)F)cc3)CCCN(C(=O)c3ccccc3C(F)(F)F)C2CC(O)CO)CC1. The summed E-state index contributed by atoms with van der Waals surface area (Å²) in [4.78, 5) is 33.5. The van der Waals surface area contributed by atoms with E-state index in [2.05, 4.69) is 0 Å². The van der Waals surface area contributed by atoms with Gasteiger partial charge in [-0.2, -0.15) is 26.3 Å². The van der Waals surface area contributed by atoms with E-state index in [9.17, 15) is 46.1 Å². The monoisotopic (exact) mass is 753 g/mol. The first kappa shape index (κ1) is 39.7. The molecule has 5 rings (SSSR count). The highest BCUT2D eigenvalue weighted by atomic mass is 19.4. The van der Waals surface area contributed by atoms with E-state index < -0.39 is 71.6 Å². The van der Waals surface area contributed by atoms with E-state index in [-0.39, 0.29) is 38.2 Å². The van der Waals surface area contributed by atoms with Crippen molar-refractivity contribution in [1.82, 2.24) is 9.80 Å². The molecule has 2 N–H and O–H groups in total. The Morgan fingerprint density at radius 2 is 1.53 bits per heavy atom. The van der Waals surface area contributed by atoms with Gasteiger partial charge in [-0.3, -0.25) is 9.59 Å². The van der Waals surface area contributed by atoms with Gasteiger partial charge in [-0.15, -0.1) is 0 Å². The molecule has 0 aromatic heterocycles. The number of amides is 2. The molecular weight excluding hydrogens is 712 g/mol. The third-order valence-electron chi connectivity index (χ3n) is 9.45. The molecule has 3 atom stereocenters. The Bertz CT molecular complexity index is 1700. The van der Waals surface area contributed by atoms with Crippen LogP contribution in [0.5, 0.6) is 11.5 Å². The summed E-state index contributed by atoms with van der Waals surface area (Å²) in [6.07, 6.45) is -11.7. The number of likely N-dealkylation sites (tertiary alicyclic amines) is 1. The highest BCUT2D eigenvalue weighted by Crippen LogP contribution is 2.41. The molecule has 288 valence electrons. The van der Waals surface area contributed by atoms with Crippen LogP contribution < -0.4 is 14.4 Å². The lowest BCUT2D eigenvalue weighted by molar-refractivity contribution is -0.161. The minimum absolute atomic E-state index is 0.0597. The number of hydrogen-bond donors (Lipinski definition) is 2. The molecule has 3 aromatic rings. The molecule has 2 amide bonds. The van der Waals surface area contributed by atoms with E-state index in [4.69, 9.17) is 14.2 Å². The average molecular weight is 754 g/mol. The quantitative estimate of drug-likeness (QED) is 0.191. The molecule has 0 aliphatic carbocycles. The number of halogens is 6. The molecule has 2 heterocycles. The van der Waals surface area contributed by atoms with Gasteiger partial charge in [0.15, 0.2) is 0 Å². The van der Waals surface area contributed by atoms with Crippen LogP contribution in [0.2, 0.25) is 0 Å². The fraction of sp³-hybridized carbons (Fsp3) is 0.459. The lowest BCUT2D eigenvalue weighted by Gasteiger charge is -2.51. The van der Waals surface area contributed by atoms with Gasteiger partial charge in [0.25, 0.3) is 11.8 Å². The number of ether oxygens (including phenoxy) is 3. The third-order valence-corrected chi connectivity index (χ3v) is 9.45. The topological polar surface area (TPSA) is 112 Å². The largest absolute Gasteiger partial charge is 0.489 e. The molecule has 0 radical (unpaired) electrons. The molecule has 0 spiro atoms. The zero-order chi connectivity index (χ0) is 38.4. The number of piperazine rings is 1. The molecule has 2 aliphatic heterocycles. The summed E-state index contributed by atoms with van der Waals surface area (Å²) in [6.45, 7) is 0.619. The zero-order valence-electron chi connectivity index (χ0n) is 28.9. The number of alkyl halides is 6. The number of anilines is 1. The molecule has 2 aliphatic rings. The maximum atomic E-state index is 14.9. The Balaban J connectivity index is 1.53. The number of hydrogen-bond acceptors (Lipinski definition) is 8. The number of aliphatic hydroxyl groups is 2. The fourth-order valence-corrected chi connectivity index (χ4v) is 6.88. The van der Waals surface area contributed by atoms with Gasteiger partial charge in [0.2, 0.25) is 5.60 Å². The second-order valence-corrected chi connectivity index (χ2v) is 12.8. The fourth-order valence-electron chi connectivity index (χ4n) is 6.88. The van der Waals surface area contributed by atoms with Crippen LogP contribution >= 0.6 is 0 Å². The summed E-state index contributed by atoms with van der Waals surface area (Å²) >= 11 is 0. The molecule has 10 nitrogen and oxygen atoms in total. The van der Waals surface area contributed by atoms with Crippen LogP contribution in [0.4, 0.5) is 32.0 Å². The molecule has 53 heavy (non-hydrogen) atoms. The van der Waals surface area contributed by atoms with E-state index in [0.29, 0.717) is 32.1 Å². The van der Waals surface area contributed by atoms with E-state index in [0.717, 1.165) is 53.1 Å². The summed E-state index contributed by atoms with van der Waals surface area (Å²) in [5.41, 5.74) is -4.20. The standard InChI is InChI=1S/C37H41F6N3O7/c1-51-21-22-52-31-10-5-4-9-30(31)44-17-19-45(20-18-44)34(50)35(53-27-13-11-25(12-14-27)36(38,39)40)15-6-16-46(32(35)23-26(48)24-47)33(49)28-7-2-3-8-29(28)37(41,42)43/h2-5,7-14,26,32,47-48H,6,15-24H2,1H3.